The van der Waals surface area contributed by atoms with E-state index in [1.807, 2.05) is 14.0 Å². The third kappa shape index (κ3) is 8.55. The predicted octanol–water partition coefficient (Wildman–Crippen LogP) is 7.91. The van der Waals surface area contributed by atoms with Crippen molar-refractivity contribution in [3.63, 3.8) is 0 Å². The lowest BCUT2D eigenvalue weighted by Gasteiger charge is -2.19. The molecule has 0 aliphatic heterocycles. The molecule has 1 aromatic heterocycles. The summed E-state index contributed by atoms with van der Waals surface area (Å²) in [4.78, 5) is 15.4. The number of hydrogen-bond acceptors (Lipinski definition) is 7. The van der Waals surface area contributed by atoms with Crippen LogP contribution in [0.5, 0.6) is 0 Å². The largest absolute Gasteiger partial charge is 0.478 e. The molecule has 41 heavy (non-hydrogen) atoms. The number of aromatic nitrogens is 1. The van der Waals surface area contributed by atoms with Crippen LogP contribution in [0.4, 0.5) is 10.1 Å². The van der Waals surface area contributed by atoms with Gasteiger partial charge in [0.15, 0.2) is 5.82 Å². The number of aromatic carboxylic acids is 1. The van der Waals surface area contributed by atoms with Crippen molar-refractivity contribution in [3.8, 4) is 0 Å². The van der Waals surface area contributed by atoms with E-state index in [-0.39, 0.29) is 22.9 Å². The molecule has 2 saturated carbocycles. The highest BCUT2D eigenvalue weighted by Gasteiger charge is 2.33. The Morgan fingerprint density at radius 2 is 2.00 bits per heavy atom. The zero-order valence-corrected chi connectivity index (χ0v) is 25.6. The van der Waals surface area contributed by atoms with Crippen LogP contribution in [0.25, 0.3) is 5.57 Å². The van der Waals surface area contributed by atoms with Crippen molar-refractivity contribution < 1.29 is 23.9 Å². The first-order valence-electron chi connectivity index (χ1n) is 13.4. The van der Waals surface area contributed by atoms with Gasteiger partial charge in [-0.1, -0.05) is 47.4 Å². The molecule has 1 heterocycles. The topological polar surface area (TPSA) is 108 Å². The number of aliphatic imine (C=N–C) groups is 1. The highest BCUT2D eigenvalue weighted by atomic mass is 35.5. The van der Waals surface area contributed by atoms with Crippen molar-refractivity contribution in [2.24, 2.45) is 16.8 Å². The molecule has 0 saturated heterocycles. The van der Waals surface area contributed by atoms with Gasteiger partial charge in [-0.15, -0.1) is 11.8 Å². The summed E-state index contributed by atoms with van der Waals surface area (Å²) >= 11 is 13.7. The molecule has 7 nitrogen and oxygen atoms in total. The minimum Gasteiger partial charge on any atom is -0.478 e. The summed E-state index contributed by atoms with van der Waals surface area (Å²) in [5.41, 5.74) is 1.74. The number of carbonyl (C=O) groups is 1. The molecule has 0 spiro atoms. The molecule has 2 aliphatic rings. The third-order valence-electron chi connectivity index (χ3n) is 7.15. The lowest BCUT2D eigenvalue weighted by Crippen LogP contribution is -2.23. The van der Waals surface area contributed by atoms with Crippen LogP contribution in [0.15, 0.2) is 55.3 Å². The van der Waals surface area contributed by atoms with Crippen LogP contribution in [0.3, 0.4) is 0 Å². The number of hydrogen-bond donors (Lipinski definition) is 3. The summed E-state index contributed by atoms with van der Waals surface area (Å²) < 4.78 is 19.3. The second kappa shape index (κ2) is 15.7. The van der Waals surface area contributed by atoms with Gasteiger partial charge in [0, 0.05) is 32.7 Å². The van der Waals surface area contributed by atoms with Gasteiger partial charge in [0.1, 0.15) is 17.1 Å². The Balaban J connectivity index is 0.000000228. The van der Waals surface area contributed by atoms with Crippen LogP contribution in [-0.2, 0) is 6.61 Å². The van der Waals surface area contributed by atoms with Crippen molar-refractivity contribution in [2.45, 2.75) is 56.4 Å². The van der Waals surface area contributed by atoms with E-state index in [2.05, 4.69) is 28.8 Å². The Hall–Kier alpha value is -2.43. The first-order chi connectivity index (χ1) is 19.7. The summed E-state index contributed by atoms with van der Waals surface area (Å²) in [7, 11) is 1.95. The lowest BCUT2D eigenvalue weighted by molar-refractivity contribution is 0.0696. The molecule has 0 unspecified atom stereocenters. The Morgan fingerprint density at radius 1 is 1.29 bits per heavy atom. The van der Waals surface area contributed by atoms with E-state index in [0.29, 0.717) is 44.5 Å². The zero-order chi connectivity index (χ0) is 30.1. The molecule has 4 rings (SSSR count). The van der Waals surface area contributed by atoms with Crippen LogP contribution in [0.2, 0.25) is 0 Å². The third-order valence-corrected chi connectivity index (χ3v) is 8.87. The fraction of sp³-hybridized carbons (Fsp3) is 0.433. The molecule has 2 aromatic rings. The molecular weight excluding hydrogens is 588 g/mol. The number of carboxylic acid groups (broad SMARTS) is 1. The van der Waals surface area contributed by atoms with Gasteiger partial charge >= 0.3 is 5.97 Å². The number of carboxylic acids is 1. The molecule has 2 fully saturated rings. The number of allylic oxidation sites excluding steroid dienone is 5. The van der Waals surface area contributed by atoms with Crippen molar-refractivity contribution in [2.75, 3.05) is 19.3 Å². The molecule has 3 N–H and O–H groups in total. The quantitative estimate of drug-likeness (QED) is 0.125. The van der Waals surface area contributed by atoms with Crippen LogP contribution in [0.1, 0.15) is 72.3 Å². The molecule has 2 aliphatic carbocycles. The van der Waals surface area contributed by atoms with Crippen molar-refractivity contribution in [1.29, 1.82) is 0 Å². The molecule has 222 valence electrons. The summed E-state index contributed by atoms with van der Waals surface area (Å²) in [5.74, 6) is 1.36. The average molecular weight is 625 g/mol. The highest BCUT2D eigenvalue weighted by molar-refractivity contribution is 7.99. The Labute approximate surface area is 254 Å². The first-order valence-corrected chi connectivity index (χ1v) is 15.2. The Morgan fingerprint density at radius 3 is 2.56 bits per heavy atom. The number of aliphatic hydroxyl groups is 1. The maximum absolute atomic E-state index is 13.9. The van der Waals surface area contributed by atoms with Crippen LogP contribution >= 0.6 is 35.0 Å². The average Bonchev–Trinajstić information content (AvgIpc) is 3.54. The summed E-state index contributed by atoms with van der Waals surface area (Å²) in [6.45, 7) is 9.78. The van der Waals surface area contributed by atoms with Gasteiger partial charge in [0.05, 0.1) is 17.2 Å². The van der Waals surface area contributed by atoms with E-state index in [9.17, 15) is 14.3 Å². The van der Waals surface area contributed by atoms with Crippen molar-refractivity contribution >= 4 is 58.9 Å². The highest BCUT2D eigenvalue weighted by Crippen LogP contribution is 2.45. The van der Waals surface area contributed by atoms with Gasteiger partial charge in [-0.3, -0.25) is 4.99 Å². The SMILES string of the molecule is C=C(Cl)/C(=C(Cl)\C=C/C)c1noc(C2CC2)c1CO.C=Nc1c(F)cc(C(=O)O)cc1SC[C@@H]1CCC[C@@H]1CNC. The van der Waals surface area contributed by atoms with Gasteiger partial charge in [0.25, 0.3) is 0 Å². The van der Waals surface area contributed by atoms with Gasteiger partial charge < -0.3 is 20.1 Å². The fourth-order valence-corrected chi connectivity index (χ4v) is 6.87. The van der Waals surface area contributed by atoms with E-state index in [1.54, 1.807) is 12.2 Å². The van der Waals surface area contributed by atoms with Gasteiger partial charge in [-0.05, 0) is 83.0 Å². The van der Waals surface area contributed by atoms with E-state index < -0.39 is 11.8 Å². The number of nitrogens with zero attached hydrogens (tertiary/aromatic N) is 2. The Kier molecular flexibility index (Phi) is 12.7. The van der Waals surface area contributed by atoms with Crippen LogP contribution < -0.4 is 5.32 Å². The number of aliphatic hydroxyl groups excluding tert-OH is 1. The molecule has 0 amide bonds. The lowest BCUT2D eigenvalue weighted by atomic mass is 9.98. The maximum atomic E-state index is 13.9. The van der Waals surface area contributed by atoms with E-state index in [0.717, 1.165) is 43.4 Å². The number of thioether (sulfide) groups is 1. The second-order valence-electron chi connectivity index (χ2n) is 10.0. The molecule has 11 heteroatoms. The minimum atomic E-state index is -1.13. The monoisotopic (exact) mass is 623 g/mol. The van der Waals surface area contributed by atoms with Gasteiger partial charge in [-0.25, -0.2) is 9.18 Å². The standard InChI is InChI=1S/C16H21FN2O2S.C14H15Cl2NO2/c1-18-8-10-4-3-5-11(10)9-22-14-7-12(16(20)21)6-13(17)15(14)19-2;1-3-4-11(16)12(8(2)15)13-10(7-18)14(19-17-13)9-5-6-9/h6-7,10-11,18H,2-5,8-9H2,1H3,(H,20,21);3-4,9,18H,2,5-7H2,1H3/b;4-3-,12-11-/t10-,11+;/m1./s1. The fourth-order valence-electron chi connectivity index (χ4n) is 4.96. The number of benzene rings is 1. The normalized spacial score (nSPS) is 19.1. The summed E-state index contributed by atoms with van der Waals surface area (Å²) in [6.07, 6.45) is 9.21. The van der Waals surface area contributed by atoms with Crippen molar-refractivity contribution in [1.82, 2.24) is 10.5 Å². The number of halogens is 3. The van der Waals surface area contributed by atoms with Gasteiger partial charge in [-0.2, -0.15) is 0 Å². The van der Waals surface area contributed by atoms with E-state index in [4.69, 9.17) is 32.8 Å². The predicted molar refractivity (Wildman–Crippen MR) is 165 cm³/mol. The molecule has 0 radical (unpaired) electrons. The van der Waals surface area contributed by atoms with Crippen LogP contribution in [0, 0.1) is 17.7 Å². The van der Waals surface area contributed by atoms with Crippen molar-refractivity contribution in [3.05, 3.63) is 69.3 Å². The van der Waals surface area contributed by atoms with Crippen LogP contribution in [-0.4, -0.2) is 47.4 Å². The summed E-state index contributed by atoms with van der Waals surface area (Å²) in [5, 5.41) is 26.5. The maximum Gasteiger partial charge on any atom is 0.335 e. The number of nitrogens with one attached hydrogen (secondary N) is 1. The molecule has 1 aromatic carbocycles. The molecular formula is C30H36Cl2FN3O4S. The van der Waals surface area contributed by atoms with E-state index >= 15 is 0 Å². The Bertz CT molecular complexity index is 1320. The zero-order valence-electron chi connectivity index (χ0n) is 23.3. The number of rotatable bonds is 12. The first kappa shape index (κ1) is 33.1. The van der Waals surface area contributed by atoms with E-state index in [1.165, 1.54) is 30.7 Å². The smallest absolute Gasteiger partial charge is 0.335 e. The minimum absolute atomic E-state index is 0.0504. The second-order valence-corrected chi connectivity index (χ2v) is 11.9. The summed E-state index contributed by atoms with van der Waals surface area (Å²) in [6, 6.07) is 2.48. The van der Waals surface area contributed by atoms with Gasteiger partial charge in [0.2, 0.25) is 0 Å². The molecule has 2 atom stereocenters. The molecule has 0 bridgehead atoms.